The van der Waals surface area contributed by atoms with Crippen LogP contribution in [0, 0.1) is 18.3 Å². The third kappa shape index (κ3) is 3.87. The van der Waals surface area contributed by atoms with Gasteiger partial charge in [0, 0.05) is 31.5 Å². The van der Waals surface area contributed by atoms with Crippen molar-refractivity contribution in [3.8, 4) is 23.1 Å². The van der Waals surface area contributed by atoms with E-state index in [0.29, 0.717) is 17.9 Å². The molecule has 0 aliphatic heterocycles. The molecule has 7 nitrogen and oxygen atoms in total. The van der Waals surface area contributed by atoms with Gasteiger partial charge in [-0.25, -0.2) is 0 Å². The lowest BCUT2D eigenvalue weighted by Crippen LogP contribution is -2.07. The van der Waals surface area contributed by atoms with E-state index >= 15 is 0 Å². The van der Waals surface area contributed by atoms with Crippen molar-refractivity contribution in [2.75, 3.05) is 19.0 Å². The van der Waals surface area contributed by atoms with Gasteiger partial charge in [-0.05, 0) is 24.6 Å². The summed E-state index contributed by atoms with van der Waals surface area (Å²) >= 11 is 0. The Morgan fingerprint density at radius 3 is 2.38 bits per heavy atom. The molecular weight excluding hydrogens is 362 g/mol. The first-order valence-corrected chi connectivity index (χ1v) is 9.27. The van der Waals surface area contributed by atoms with Gasteiger partial charge < -0.3 is 4.90 Å². The van der Waals surface area contributed by atoms with E-state index < -0.39 is 0 Å². The first-order chi connectivity index (χ1) is 14.0. The Bertz CT molecular complexity index is 1160. The molecule has 0 atom stereocenters. The smallest absolute Gasteiger partial charge is 0.194 e. The van der Waals surface area contributed by atoms with Crippen LogP contribution >= 0.6 is 0 Å². The molecule has 0 amide bonds. The summed E-state index contributed by atoms with van der Waals surface area (Å²) in [6.07, 6.45) is 3.53. The van der Waals surface area contributed by atoms with Crippen molar-refractivity contribution >= 4 is 5.69 Å². The van der Waals surface area contributed by atoms with Gasteiger partial charge in [0.15, 0.2) is 5.82 Å². The Balaban J connectivity index is 1.61. The molecule has 0 bridgehead atoms. The topological polar surface area (TPSA) is 75.6 Å². The van der Waals surface area contributed by atoms with Crippen LogP contribution in [0.2, 0.25) is 0 Å². The Morgan fingerprint density at radius 2 is 1.72 bits per heavy atom. The number of benzene rings is 2. The lowest BCUT2D eigenvalue weighted by Gasteiger charge is -2.11. The number of aryl methyl sites for hydroxylation is 1. The fraction of sp³-hybridized carbons (Fsp3) is 0.182. The first-order valence-electron chi connectivity index (χ1n) is 9.27. The maximum absolute atomic E-state index is 9.53. The quantitative estimate of drug-likeness (QED) is 0.528. The van der Waals surface area contributed by atoms with E-state index in [1.54, 1.807) is 21.8 Å². The lowest BCUT2D eigenvalue weighted by atomic mass is 10.1. The van der Waals surface area contributed by atoms with Crippen LogP contribution in [0.25, 0.3) is 17.1 Å². The molecule has 0 aliphatic carbocycles. The van der Waals surface area contributed by atoms with Gasteiger partial charge in [0.25, 0.3) is 0 Å². The zero-order valence-corrected chi connectivity index (χ0v) is 16.6. The van der Waals surface area contributed by atoms with Crippen molar-refractivity contribution < 1.29 is 0 Å². The summed E-state index contributed by atoms with van der Waals surface area (Å²) in [5.74, 6) is 0.475. The number of hydrogen-bond donors (Lipinski definition) is 0. The third-order valence-electron chi connectivity index (χ3n) is 4.72. The minimum atomic E-state index is 0.455. The summed E-state index contributed by atoms with van der Waals surface area (Å²) in [4.78, 5) is 2.04. The number of nitriles is 1. The van der Waals surface area contributed by atoms with Crippen LogP contribution in [-0.2, 0) is 6.54 Å². The highest BCUT2D eigenvalue weighted by atomic mass is 15.5. The molecule has 0 radical (unpaired) electrons. The van der Waals surface area contributed by atoms with Crippen molar-refractivity contribution in [2.45, 2.75) is 13.5 Å². The van der Waals surface area contributed by atoms with Crippen LogP contribution in [0.3, 0.4) is 0 Å². The van der Waals surface area contributed by atoms with E-state index in [1.807, 2.05) is 43.3 Å². The van der Waals surface area contributed by atoms with Crippen LogP contribution in [-0.4, -0.2) is 38.9 Å². The zero-order valence-electron chi connectivity index (χ0n) is 16.6. The molecule has 4 aromatic rings. The number of rotatable bonds is 5. The first kappa shape index (κ1) is 18.4. The molecule has 144 valence electrons. The van der Waals surface area contributed by atoms with Gasteiger partial charge in [-0.2, -0.15) is 15.0 Å². The maximum Gasteiger partial charge on any atom is 0.194 e. The summed E-state index contributed by atoms with van der Waals surface area (Å²) < 4.78 is 3.31. The number of hydrogen-bond acceptors (Lipinski definition) is 5. The van der Waals surface area contributed by atoms with E-state index in [2.05, 4.69) is 52.7 Å². The van der Waals surface area contributed by atoms with Crippen molar-refractivity contribution in [1.82, 2.24) is 24.8 Å². The standard InChI is InChI=1S/C22H21N7/c1-16-4-6-17(7-5-16)13-28-14-19(12-23)22(25-28)29-15-21(24-26-29)18-8-10-20(11-9-18)27(2)3/h4-11,14-15H,13H2,1-3H3. The summed E-state index contributed by atoms with van der Waals surface area (Å²) in [5, 5.41) is 22.5. The molecule has 0 saturated heterocycles. The SMILES string of the molecule is Cc1ccc(Cn2cc(C#N)c(-n3cc(-c4ccc(N(C)C)cc4)nn3)n2)cc1. The van der Waals surface area contributed by atoms with Crippen molar-refractivity contribution in [1.29, 1.82) is 5.26 Å². The minimum Gasteiger partial charge on any atom is -0.378 e. The number of anilines is 1. The Morgan fingerprint density at radius 1 is 1.00 bits per heavy atom. The number of aromatic nitrogens is 5. The molecule has 0 unspecified atom stereocenters. The van der Waals surface area contributed by atoms with E-state index in [9.17, 15) is 5.26 Å². The minimum absolute atomic E-state index is 0.455. The molecule has 2 heterocycles. The fourth-order valence-electron chi connectivity index (χ4n) is 3.05. The molecular formula is C22H21N7. The number of nitrogens with zero attached hydrogens (tertiary/aromatic N) is 7. The monoisotopic (exact) mass is 383 g/mol. The largest absolute Gasteiger partial charge is 0.378 e. The molecule has 2 aromatic carbocycles. The van der Waals surface area contributed by atoms with Gasteiger partial charge in [-0.1, -0.05) is 47.2 Å². The summed E-state index contributed by atoms with van der Waals surface area (Å²) in [6.45, 7) is 2.64. The lowest BCUT2D eigenvalue weighted by molar-refractivity contribution is 0.663. The van der Waals surface area contributed by atoms with E-state index in [1.165, 1.54) is 5.56 Å². The van der Waals surface area contributed by atoms with Crippen LogP contribution < -0.4 is 4.90 Å². The van der Waals surface area contributed by atoms with Gasteiger partial charge in [0.2, 0.25) is 0 Å². The van der Waals surface area contributed by atoms with Gasteiger partial charge >= 0.3 is 0 Å². The second-order valence-electron chi connectivity index (χ2n) is 7.15. The van der Waals surface area contributed by atoms with Gasteiger partial charge in [0.05, 0.1) is 12.7 Å². The molecule has 0 N–H and O–H groups in total. The Hall–Kier alpha value is -3.92. The Kier molecular flexibility index (Phi) is 4.83. The van der Waals surface area contributed by atoms with Crippen LogP contribution in [0.1, 0.15) is 16.7 Å². The van der Waals surface area contributed by atoms with Crippen LogP contribution in [0.4, 0.5) is 5.69 Å². The molecule has 0 saturated carbocycles. The molecule has 2 aromatic heterocycles. The molecule has 0 aliphatic rings. The molecule has 4 rings (SSSR count). The molecule has 0 fully saturated rings. The normalized spacial score (nSPS) is 10.7. The Labute approximate surface area is 169 Å². The van der Waals surface area contributed by atoms with Gasteiger partial charge in [-0.15, -0.1) is 5.10 Å². The predicted octanol–water partition coefficient (Wildman–Crippen LogP) is 3.43. The zero-order chi connectivity index (χ0) is 20.4. The van der Waals surface area contributed by atoms with Crippen LogP contribution in [0.5, 0.6) is 0 Å². The summed E-state index contributed by atoms with van der Waals surface area (Å²) in [6, 6.07) is 18.5. The van der Waals surface area contributed by atoms with E-state index in [0.717, 1.165) is 22.5 Å². The molecule has 0 spiro atoms. The predicted molar refractivity (Wildman–Crippen MR) is 112 cm³/mol. The van der Waals surface area contributed by atoms with Crippen molar-refractivity contribution in [3.05, 3.63) is 77.6 Å². The highest BCUT2D eigenvalue weighted by Crippen LogP contribution is 2.22. The molecule has 29 heavy (non-hydrogen) atoms. The van der Waals surface area contributed by atoms with Crippen molar-refractivity contribution in [2.24, 2.45) is 0 Å². The summed E-state index contributed by atoms with van der Waals surface area (Å²) in [7, 11) is 4.00. The van der Waals surface area contributed by atoms with Crippen molar-refractivity contribution in [3.63, 3.8) is 0 Å². The average molecular weight is 383 g/mol. The maximum atomic E-state index is 9.53. The second-order valence-corrected chi connectivity index (χ2v) is 7.15. The van der Waals surface area contributed by atoms with Gasteiger partial charge in [-0.3, -0.25) is 4.68 Å². The highest BCUT2D eigenvalue weighted by Gasteiger charge is 2.14. The van der Waals surface area contributed by atoms with Gasteiger partial charge in [0.1, 0.15) is 17.3 Å². The average Bonchev–Trinajstić information content (AvgIpc) is 3.36. The van der Waals surface area contributed by atoms with Crippen LogP contribution in [0.15, 0.2) is 60.9 Å². The third-order valence-corrected chi connectivity index (χ3v) is 4.72. The second kappa shape index (κ2) is 7.60. The van der Waals surface area contributed by atoms with E-state index in [4.69, 9.17) is 0 Å². The highest BCUT2D eigenvalue weighted by molar-refractivity contribution is 5.62. The summed E-state index contributed by atoms with van der Waals surface area (Å²) in [5.41, 5.74) is 5.58. The molecule has 7 heteroatoms. The van der Waals surface area contributed by atoms with E-state index in [-0.39, 0.29) is 0 Å². The fourth-order valence-corrected chi connectivity index (χ4v) is 3.05.